The van der Waals surface area contributed by atoms with Gasteiger partial charge in [-0.3, -0.25) is 0 Å². The van der Waals surface area contributed by atoms with Crippen LogP contribution in [0.15, 0.2) is 0 Å². The van der Waals surface area contributed by atoms with Crippen LogP contribution < -0.4 is 0 Å². The van der Waals surface area contributed by atoms with Crippen LogP contribution in [0.2, 0.25) is 0 Å². The van der Waals surface area contributed by atoms with Gasteiger partial charge in [0.05, 0.1) is 6.42 Å². The van der Waals surface area contributed by atoms with Gasteiger partial charge in [0.25, 0.3) is 0 Å². The summed E-state index contributed by atoms with van der Waals surface area (Å²) in [7, 11) is 0. The molecule has 0 N–H and O–H groups in total. The van der Waals surface area contributed by atoms with Crippen molar-refractivity contribution in [1.82, 2.24) is 0 Å². The van der Waals surface area contributed by atoms with Gasteiger partial charge < -0.3 is 0 Å². The maximum Gasteiger partial charge on any atom is 0.0702 e. The lowest BCUT2D eigenvalue weighted by molar-refractivity contribution is 0.675. The predicted molar refractivity (Wildman–Crippen MR) is 54.5 cm³/mol. The van der Waals surface area contributed by atoms with E-state index in [1.54, 1.807) is 0 Å². The van der Waals surface area contributed by atoms with Gasteiger partial charge in [-0.05, 0) is 5.92 Å². The highest BCUT2D eigenvalue weighted by atomic mass is 13.9. The van der Waals surface area contributed by atoms with Crippen molar-refractivity contribution in [1.29, 1.82) is 0 Å². The van der Waals surface area contributed by atoms with Crippen LogP contribution in [0, 0.1) is 35.5 Å². The third-order valence-electron chi connectivity index (χ3n) is 1.20. The second-order valence-electron chi connectivity index (χ2n) is 3.60. The molecule has 66 valence electrons. The van der Waals surface area contributed by atoms with Gasteiger partial charge in [0.2, 0.25) is 0 Å². The van der Waals surface area contributed by atoms with Crippen LogP contribution in [0.5, 0.6) is 0 Å². The molecule has 0 heteroatoms. The Bertz CT molecular complexity index is 212. The Morgan fingerprint density at radius 1 is 0.917 bits per heavy atom. The van der Waals surface area contributed by atoms with Crippen molar-refractivity contribution >= 4 is 0 Å². The van der Waals surface area contributed by atoms with E-state index in [9.17, 15) is 0 Å². The molecule has 0 aromatic heterocycles. The summed E-state index contributed by atoms with van der Waals surface area (Å²) in [4.78, 5) is 0. The quantitative estimate of drug-likeness (QED) is 0.520. The number of hydrogen-bond acceptors (Lipinski definition) is 0. The van der Waals surface area contributed by atoms with Gasteiger partial charge in [-0.25, -0.2) is 0 Å². The molecule has 0 rings (SSSR count). The summed E-state index contributed by atoms with van der Waals surface area (Å²) in [5.41, 5.74) is 0. The van der Waals surface area contributed by atoms with E-state index in [2.05, 4.69) is 51.4 Å². The predicted octanol–water partition coefficient (Wildman–Crippen LogP) is 3.09. The van der Waals surface area contributed by atoms with Crippen LogP contribution >= 0.6 is 0 Å². The average molecular weight is 162 g/mol. The summed E-state index contributed by atoms with van der Waals surface area (Å²) in [6, 6.07) is 0. The topological polar surface area (TPSA) is 0 Å². The maximum absolute atomic E-state index is 3.11. The van der Waals surface area contributed by atoms with Gasteiger partial charge in [0.1, 0.15) is 0 Å². The summed E-state index contributed by atoms with van der Waals surface area (Å²) in [5.74, 6) is 13.4. The Morgan fingerprint density at radius 2 is 1.58 bits per heavy atom. The minimum absolute atomic E-state index is 0.469. The lowest BCUT2D eigenvalue weighted by Gasteiger charge is -1.91. The van der Waals surface area contributed by atoms with Crippen molar-refractivity contribution in [2.24, 2.45) is 11.8 Å². The second kappa shape index (κ2) is 6.81. The highest BCUT2D eigenvalue weighted by Crippen LogP contribution is 1.95. The zero-order valence-electron chi connectivity index (χ0n) is 8.57. The monoisotopic (exact) mass is 162 g/mol. The van der Waals surface area contributed by atoms with Crippen molar-refractivity contribution in [3.63, 3.8) is 0 Å². The smallest absolute Gasteiger partial charge is 0.0702 e. The van der Waals surface area contributed by atoms with E-state index < -0.39 is 0 Å². The first-order valence-corrected chi connectivity index (χ1v) is 4.57. The van der Waals surface area contributed by atoms with Crippen molar-refractivity contribution in [3.8, 4) is 23.7 Å². The van der Waals surface area contributed by atoms with Gasteiger partial charge in [-0.1, -0.05) is 45.5 Å². The first-order chi connectivity index (χ1) is 5.63. The minimum Gasteiger partial charge on any atom is -0.102 e. The van der Waals surface area contributed by atoms with Gasteiger partial charge in [0.15, 0.2) is 0 Å². The molecule has 0 radical (unpaired) electrons. The van der Waals surface area contributed by atoms with Crippen LogP contribution in [-0.4, -0.2) is 0 Å². The zero-order chi connectivity index (χ0) is 9.40. The zero-order valence-corrected chi connectivity index (χ0v) is 8.57. The molecule has 0 saturated heterocycles. The van der Waals surface area contributed by atoms with E-state index in [1.165, 1.54) is 0 Å². The van der Waals surface area contributed by atoms with Crippen molar-refractivity contribution in [2.75, 3.05) is 0 Å². The van der Waals surface area contributed by atoms with Crippen LogP contribution in [0.3, 0.4) is 0 Å². The van der Waals surface area contributed by atoms with E-state index in [0.717, 1.165) is 12.8 Å². The number of hydrogen-bond donors (Lipinski definition) is 0. The molecule has 0 aliphatic heterocycles. The third kappa shape index (κ3) is 9.12. The Hall–Kier alpha value is -0.880. The standard InChI is InChI=1S/C12H18/c1-11(2)9-7-5-6-8-10-12(3)4/h11-12H,5,10H2,1-4H3. The highest BCUT2D eigenvalue weighted by molar-refractivity contribution is 5.12. The Balaban J connectivity index is 3.54. The van der Waals surface area contributed by atoms with Crippen LogP contribution in [-0.2, 0) is 0 Å². The van der Waals surface area contributed by atoms with Crippen LogP contribution in [0.25, 0.3) is 0 Å². The summed E-state index contributed by atoms with van der Waals surface area (Å²) in [6.45, 7) is 8.53. The van der Waals surface area contributed by atoms with E-state index in [-0.39, 0.29) is 0 Å². The van der Waals surface area contributed by atoms with E-state index in [4.69, 9.17) is 0 Å². The van der Waals surface area contributed by atoms with E-state index in [0.29, 0.717) is 11.8 Å². The molecule has 0 heterocycles. The molecule has 0 fully saturated rings. The molecule has 0 amide bonds. The molecule has 0 saturated carbocycles. The molecule has 0 spiro atoms. The van der Waals surface area contributed by atoms with Crippen molar-refractivity contribution in [3.05, 3.63) is 0 Å². The Kier molecular flexibility index (Phi) is 6.31. The van der Waals surface area contributed by atoms with E-state index >= 15 is 0 Å². The van der Waals surface area contributed by atoms with Gasteiger partial charge in [-0.2, -0.15) is 0 Å². The van der Waals surface area contributed by atoms with E-state index in [1.807, 2.05) is 0 Å². The molecule has 0 bridgehead atoms. The fraction of sp³-hybridized carbons (Fsp3) is 0.667. The molecule has 0 nitrogen and oxygen atoms in total. The lowest BCUT2D eigenvalue weighted by atomic mass is 10.1. The van der Waals surface area contributed by atoms with Gasteiger partial charge >= 0.3 is 0 Å². The molecule has 0 atom stereocenters. The molecule has 0 aromatic carbocycles. The van der Waals surface area contributed by atoms with Crippen molar-refractivity contribution < 1.29 is 0 Å². The minimum atomic E-state index is 0.469. The fourth-order valence-electron chi connectivity index (χ4n) is 0.638. The highest BCUT2D eigenvalue weighted by Gasteiger charge is 1.85. The average Bonchev–Trinajstić information content (AvgIpc) is 1.95. The summed E-state index contributed by atoms with van der Waals surface area (Å²) >= 11 is 0. The van der Waals surface area contributed by atoms with Crippen molar-refractivity contribution in [2.45, 2.75) is 40.5 Å². The number of rotatable bonds is 1. The molecule has 0 aliphatic rings. The largest absolute Gasteiger partial charge is 0.102 e. The molecule has 0 aliphatic carbocycles. The molecular formula is C12H18. The molecule has 12 heavy (non-hydrogen) atoms. The summed E-state index contributed by atoms with van der Waals surface area (Å²) in [6.07, 6.45) is 1.72. The SMILES string of the molecule is CC(C)C#CCC#CCC(C)C. The molecule has 0 unspecified atom stereocenters. The summed E-state index contributed by atoms with van der Waals surface area (Å²) in [5, 5.41) is 0. The van der Waals surface area contributed by atoms with Gasteiger partial charge in [-0.15, -0.1) is 5.92 Å². The first-order valence-electron chi connectivity index (χ1n) is 4.57. The Labute approximate surface area is 76.8 Å². The van der Waals surface area contributed by atoms with Crippen LogP contribution in [0.1, 0.15) is 40.5 Å². The molecular weight excluding hydrogens is 144 g/mol. The fourth-order valence-corrected chi connectivity index (χ4v) is 0.638. The second-order valence-corrected chi connectivity index (χ2v) is 3.60. The maximum atomic E-state index is 3.11. The first kappa shape index (κ1) is 11.1. The van der Waals surface area contributed by atoms with Gasteiger partial charge in [0, 0.05) is 12.3 Å². The third-order valence-corrected chi connectivity index (χ3v) is 1.20. The lowest BCUT2D eigenvalue weighted by Crippen LogP contribution is -1.81. The van der Waals surface area contributed by atoms with Crippen LogP contribution in [0.4, 0.5) is 0 Å². The molecule has 0 aromatic rings. The Morgan fingerprint density at radius 3 is 2.08 bits per heavy atom. The normalized spacial score (nSPS) is 8.83. The summed E-state index contributed by atoms with van der Waals surface area (Å²) < 4.78 is 0.